The molecule has 2 aromatic heterocycles. The summed E-state index contributed by atoms with van der Waals surface area (Å²) in [6, 6.07) is 16.2. The van der Waals surface area contributed by atoms with Gasteiger partial charge in [0, 0.05) is 0 Å². The number of Topliss-reactive ketones (excluding diaryl/α,β-unsaturated/α-hetero) is 1. The Bertz CT molecular complexity index is 1310. The fourth-order valence-electron chi connectivity index (χ4n) is 3.06. The summed E-state index contributed by atoms with van der Waals surface area (Å²) in [5, 5.41) is 0.931. The number of ketones is 1. The molecule has 0 saturated carbocycles. The molecule has 4 rings (SSSR count). The largest absolute Gasteiger partial charge is 0.495 e. The maximum atomic E-state index is 13.4. The van der Waals surface area contributed by atoms with Crippen LogP contribution in [0.15, 0.2) is 64.5 Å². The Labute approximate surface area is 186 Å². The number of thiophene rings is 1. The van der Waals surface area contributed by atoms with Crippen LogP contribution < -0.4 is 10.3 Å². The lowest BCUT2D eigenvalue weighted by molar-refractivity contribution is 0.102. The van der Waals surface area contributed by atoms with Gasteiger partial charge in [-0.3, -0.25) is 14.2 Å². The summed E-state index contributed by atoms with van der Waals surface area (Å²) >= 11 is 8.41. The summed E-state index contributed by atoms with van der Waals surface area (Å²) < 4.78 is 7.58. The van der Waals surface area contributed by atoms with Crippen molar-refractivity contribution in [2.45, 2.75) is 12.1 Å². The molecule has 2 aromatic carbocycles. The number of para-hydroxylation sites is 1. The summed E-state index contributed by atoms with van der Waals surface area (Å²) in [7, 11) is 1.56. The number of carbonyl (C=O) groups is 1. The van der Waals surface area contributed by atoms with Crippen LogP contribution in [0.2, 0.25) is 4.34 Å². The lowest BCUT2D eigenvalue weighted by Crippen LogP contribution is -2.22. The van der Waals surface area contributed by atoms with Crippen LogP contribution in [0.5, 0.6) is 5.75 Å². The van der Waals surface area contributed by atoms with Crippen LogP contribution in [0.1, 0.15) is 15.2 Å². The van der Waals surface area contributed by atoms with E-state index in [1.165, 1.54) is 27.7 Å². The number of hydrogen-bond acceptors (Lipinski definition) is 6. The summed E-state index contributed by atoms with van der Waals surface area (Å²) in [4.78, 5) is 31.3. The minimum atomic E-state index is -0.210. The van der Waals surface area contributed by atoms with E-state index in [1.807, 2.05) is 31.2 Å². The molecule has 152 valence electrons. The zero-order valence-corrected chi connectivity index (χ0v) is 18.6. The smallest absolute Gasteiger partial charge is 0.266 e. The van der Waals surface area contributed by atoms with Gasteiger partial charge in [-0.1, -0.05) is 41.6 Å². The molecular weight excluding hydrogens is 440 g/mol. The lowest BCUT2D eigenvalue weighted by atomic mass is 10.2. The molecule has 0 aliphatic carbocycles. The average molecular weight is 457 g/mol. The molecule has 0 bridgehead atoms. The van der Waals surface area contributed by atoms with Crippen molar-refractivity contribution in [1.29, 1.82) is 0 Å². The molecule has 0 spiro atoms. The number of thioether (sulfide) groups is 1. The number of benzene rings is 2. The van der Waals surface area contributed by atoms with E-state index in [-0.39, 0.29) is 17.1 Å². The van der Waals surface area contributed by atoms with Crippen molar-refractivity contribution in [3.8, 4) is 11.4 Å². The average Bonchev–Trinajstić information content (AvgIpc) is 3.18. The standard InChI is InChI=1S/C22H17ClN2O3S2/c1-13-7-8-18(28-2)16(11-13)25-21(27)14-5-3-4-6-15(14)24-22(25)29-12-17(26)19-9-10-20(23)30-19/h3-11H,12H2,1-2H3. The zero-order valence-electron chi connectivity index (χ0n) is 16.2. The highest BCUT2D eigenvalue weighted by atomic mass is 35.5. The maximum absolute atomic E-state index is 13.4. The molecule has 2 heterocycles. The van der Waals surface area contributed by atoms with E-state index in [9.17, 15) is 9.59 Å². The topological polar surface area (TPSA) is 61.2 Å². The lowest BCUT2D eigenvalue weighted by Gasteiger charge is -2.16. The van der Waals surface area contributed by atoms with E-state index in [1.54, 1.807) is 37.4 Å². The van der Waals surface area contributed by atoms with E-state index in [2.05, 4.69) is 4.98 Å². The molecule has 0 amide bonds. The third-order valence-corrected chi connectivity index (χ3v) is 6.71. The Morgan fingerprint density at radius 2 is 2.00 bits per heavy atom. The van der Waals surface area contributed by atoms with Crippen molar-refractivity contribution in [3.63, 3.8) is 0 Å². The molecule has 30 heavy (non-hydrogen) atoms. The molecule has 0 N–H and O–H groups in total. The third kappa shape index (κ3) is 4.01. The molecule has 4 aromatic rings. The third-order valence-electron chi connectivity index (χ3n) is 4.50. The number of halogens is 1. The van der Waals surface area contributed by atoms with Gasteiger partial charge in [0.1, 0.15) is 5.75 Å². The van der Waals surface area contributed by atoms with Crippen LogP contribution in [0.4, 0.5) is 0 Å². The molecule has 0 fully saturated rings. The number of carbonyl (C=O) groups excluding carboxylic acids is 1. The highest BCUT2D eigenvalue weighted by Crippen LogP contribution is 2.29. The first-order chi connectivity index (χ1) is 14.5. The number of rotatable bonds is 6. The van der Waals surface area contributed by atoms with Gasteiger partial charge < -0.3 is 4.74 Å². The van der Waals surface area contributed by atoms with Crippen molar-refractivity contribution in [3.05, 3.63) is 79.7 Å². The van der Waals surface area contributed by atoms with Gasteiger partial charge in [-0.25, -0.2) is 4.98 Å². The highest BCUT2D eigenvalue weighted by molar-refractivity contribution is 7.99. The molecule has 0 unspecified atom stereocenters. The molecule has 8 heteroatoms. The first kappa shape index (κ1) is 20.7. The van der Waals surface area contributed by atoms with Crippen LogP contribution in [0, 0.1) is 6.92 Å². The number of aromatic nitrogens is 2. The van der Waals surface area contributed by atoms with E-state index in [0.29, 0.717) is 36.7 Å². The number of aryl methyl sites for hydroxylation is 1. The van der Waals surface area contributed by atoms with Crippen molar-refractivity contribution in [2.75, 3.05) is 12.9 Å². The van der Waals surface area contributed by atoms with Gasteiger partial charge in [-0.15, -0.1) is 11.3 Å². The molecular formula is C22H17ClN2O3S2. The second kappa shape index (κ2) is 8.63. The molecule has 5 nitrogen and oxygen atoms in total. The predicted molar refractivity (Wildman–Crippen MR) is 123 cm³/mol. The van der Waals surface area contributed by atoms with Crippen LogP contribution in [0.25, 0.3) is 16.6 Å². The first-order valence-corrected chi connectivity index (χ1v) is 11.2. The normalized spacial score (nSPS) is 11.0. The zero-order chi connectivity index (χ0) is 21.3. The highest BCUT2D eigenvalue weighted by Gasteiger charge is 2.18. The monoisotopic (exact) mass is 456 g/mol. The van der Waals surface area contributed by atoms with Gasteiger partial charge in [0.25, 0.3) is 5.56 Å². The van der Waals surface area contributed by atoms with Gasteiger partial charge in [0.05, 0.1) is 38.7 Å². The Morgan fingerprint density at radius 1 is 1.20 bits per heavy atom. The summed E-state index contributed by atoms with van der Waals surface area (Å²) in [6.45, 7) is 1.94. The first-order valence-electron chi connectivity index (χ1n) is 9.06. The van der Waals surface area contributed by atoms with E-state index >= 15 is 0 Å². The molecule has 0 radical (unpaired) electrons. The number of methoxy groups -OCH3 is 1. The van der Waals surface area contributed by atoms with Gasteiger partial charge >= 0.3 is 0 Å². The van der Waals surface area contributed by atoms with Crippen LogP contribution >= 0.6 is 34.7 Å². The fourth-order valence-corrected chi connectivity index (χ4v) is 5.02. The predicted octanol–water partition coefficient (Wildman–Crippen LogP) is 5.39. The Morgan fingerprint density at radius 3 is 2.73 bits per heavy atom. The molecule has 0 aliphatic rings. The number of ether oxygens (including phenoxy) is 1. The Kier molecular flexibility index (Phi) is 5.94. The second-order valence-corrected chi connectivity index (χ2v) is 9.20. The van der Waals surface area contributed by atoms with E-state index < -0.39 is 0 Å². The van der Waals surface area contributed by atoms with Gasteiger partial charge in [0.15, 0.2) is 10.9 Å². The van der Waals surface area contributed by atoms with Crippen LogP contribution in [-0.4, -0.2) is 28.2 Å². The van der Waals surface area contributed by atoms with Crippen molar-refractivity contribution < 1.29 is 9.53 Å². The summed E-state index contributed by atoms with van der Waals surface area (Å²) in [5.74, 6) is 0.621. The van der Waals surface area contributed by atoms with Gasteiger partial charge in [-0.2, -0.15) is 0 Å². The maximum Gasteiger partial charge on any atom is 0.266 e. The van der Waals surface area contributed by atoms with Crippen LogP contribution in [-0.2, 0) is 0 Å². The second-order valence-electron chi connectivity index (χ2n) is 6.54. The van der Waals surface area contributed by atoms with Crippen molar-refractivity contribution in [1.82, 2.24) is 9.55 Å². The summed E-state index contributed by atoms with van der Waals surface area (Å²) in [6.07, 6.45) is 0. The number of nitrogens with zero attached hydrogens (tertiary/aromatic N) is 2. The fraction of sp³-hybridized carbons (Fsp3) is 0.136. The van der Waals surface area contributed by atoms with Crippen LogP contribution in [0.3, 0.4) is 0 Å². The quantitative estimate of drug-likeness (QED) is 0.221. The molecule has 0 aliphatic heterocycles. The minimum Gasteiger partial charge on any atom is -0.495 e. The Hall–Kier alpha value is -2.61. The molecule has 0 saturated heterocycles. The van der Waals surface area contributed by atoms with Crippen molar-refractivity contribution >= 4 is 51.4 Å². The number of hydrogen-bond donors (Lipinski definition) is 0. The van der Waals surface area contributed by atoms with Gasteiger partial charge in [0.2, 0.25) is 0 Å². The Balaban J connectivity index is 1.84. The SMILES string of the molecule is COc1ccc(C)cc1-n1c(SCC(=O)c2ccc(Cl)s2)nc2ccccc2c1=O. The molecule has 0 atom stereocenters. The van der Waals surface area contributed by atoms with Gasteiger partial charge in [-0.05, 0) is 48.9 Å². The van der Waals surface area contributed by atoms with Crippen molar-refractivity contribution in [2.24, 2.45) is 0 Å². The summed E-state index contributed by atoms with van der Waals surface area (Å²) in [5.41, 5.74) is 1.94. The minimum absolute atomic E-state index is 0.0675. The van der Waals surface area contributed by atoms with E-state index in [0.717, 1.165) is 5.56 Å². The van der Waals surface area contributed by atoms with E-state index in [4.69, 9.17) is 16.3 Å². The number of fused-ring (bicyclic) bond motifs is 1.